The normalized spacial score (nSPS) is 11.9. The Labute approximate surface area is 171 Å². The predicted molar refractivity (Wildman–Crippen MR) is 104 cm³/mol. The average molecular weight is 415 g/mol. The van der Waals surface area contributed by atoms with Crippen LogP contribution >= 0.6 is 0 Å². The average Bonchev–Trinajstić information content (AvgIpc) is 3.19. The van der Waals surface area contributed by atoms with Crippen LogP contribution in [0.3, 0.4) is 0 Å². The Morgan fingerprint density at radius 1 is 1.27 bits per heavy atom. The predicted octanol–water partition coefficient (Wildman–Crippen LogP) is 4.68. The minimum absolute atomic E-state index is 0.0412. The van der Waals surface area contributed by atoms with Gasteiger partial charge < -0.3 is 9.32 Å². The topological polar surface area (TPSA) is 89.5 Å². The first-order chi connectivity index (χ1) is 14.3. The molecule has 156 valence electrons. The fourth-order valence-electron chi connectivity index (χ4n) is 2.97. The summed E-state index contributed by atoms with van der Waals surface area (Å²) in [4.78, 5) is 28.5. The first-order valence-electron chi connectivity index (χ1n) is 9.16. The maximum absolute atomic E-state index is 13.9. The number of carbonyl (C=O) groups excluding carboxylic acids is 1. The number of non-ortho nitro benzene ring substituents is 1. The number of rotatable bonds is 7. The molecule has 0 fully saturated rings. The van der Waals surface area contributed by atoms with Crippen LogP contribution in [0.4, 0.5) is 14.5 Å². The van der Waals surface area contributed by atoms with E-state index in [1.54, 1.807) is 26.1 Å². The van der Waals surface area contributed by atoms with Crippen LogP contribution < -0.4 is 0 Å². The maximum Gasteiger partial charge on any atom is 0.269 e. The van der Waals surface area contributed by atoms with Gasteiger partial charge in [-0.1, -0.05) is 12.1 Å². The van der Waals surface area contributed by atoms with Gasteiger partial charge in [0.15, 0.2) is 11.7 Å². The van der Waals surface area contributed by atoms with Gasteiger partial charge in [0, 0.05) is 38.1 Å². The van der Waals surface area contributed by atoms with Crippen molar-refractivity contribution < 1.29 is 22.9 Å². The van der Waals surface area contributed by atoms with E-state index in [2.05, 4.69) is 4.98 Å². The zero-order valence-electron chi connectivity index (χ0n) is 16.3. The SMILES string of the molecule is C[C@@H](c1cccc([N+](=O)[O-])c1)N(C)C(=O)CCc1ncc(-c2ccc(F)cc2F)o1. The van der Waals surface area contributed by atoms with Gasteiger partial charge in [0.25, 0.3) is 5.69 Å². The molecule has 0 spiro atoms. The molecule has 0 aliphatic carbocycles. The standard InChI is InChI=1S/C21H19F2N3O4/c1-13(14-4-3-5-16(10-14)26(28)29)25(2)21(27)9-8-20-24-12-19(30-20)17-7-6-15(22)11-18(17)23/h3-7,10-13H,8-9H2,1-2H3/t13-/m0/s1. The third-order valence-electron chi connectivity index (χ3n) is 4.84. The van der Waals surface area contributed by atoms with Crippen LogP contribution in [-0.2, 0) is 11.2 Å². The van der Waals surface area contributed by atoms with Crippen LogP contribution in [0.5, 0.6) is 0 Å². The molecule has 1 amide bonds. The van der Waals surface area contributed by atoms with Gasteiger partial charge in [-0.15, -0.1) is 0 Å². The van der Waals surface area contributed by atoms with Crippen molar-refractivity contribution in [3.8, 4) is 11.3 Å². The second kappa shape index (κ2) is 8.81. The van der Waals surface area contributed by atoms with Gasteiger partial charge >= 0.3 is 0 Å². The van der Waals surface area contributed by atoms with E-state index < -0.39 is 16.6 Å². The summed E-state index contributed by atoms with van der Waals surface area (Å²) in [7, 11) is 1.61. The smallest absolute Gasteiger partial charge is 0.269 e. The summed E-state index contributed by atoms with van der Waals surface area (Å²) in [5.74, 6) is -1.27. The van der Waals surface area contributed by atoms with Gasteiger partial charge in [0.05, 0.1) is 22.7 Å². The zero-order chi connectivity index (χ0) is 21.8. The monoisotopic (exact) mass is 415 g/mol. The lowest BCUT2D eigenvalue weighted by Gasteiger charge is -2.25. The molecule has 2 aromatic carbocycles. The van der Waals surface area contributed by atoms with E-state index >= 15 is 0 Å². The third kappa shape index (κ3) is 4.68. The lowest BCUT2D eigenvalue weighted by Crippen LogP contribution is -2.29. The molecule has 0 aliphatic rings. The minimum atomic E-state index is -0.765. The van der Waals surface area contributed by atoms with Crippen molar-refractivity contribution in [1.29, 1.82) is 0 Å². The van der Waals surface area contributed by atoms with Crippen LogP contribution in [0, 0.1) is 21.7 Å². The Kier molecular flexibility index (Phi) is 6.20. The summed E-state index contributed by atoms with van der Waals surface area (Å²) < 4.78 is 32.4. The fraction of sp³-hybridized carbons (Fsp3) is 0.238. The molecule has 30 heavy (non-hydrogen) atoms. The van der Waals surface area contributed by atoms with Crippen molar-refractivity contribution in [1.82, 2.24) is 9.88 Å². The van der Waals surface area contributed by atoms with Crippen molar-refractivity contribution in [3.05, 3.63) is 81.9 Å². The Hall–Kier alpha value is -3.62. The highest BCUT2D eigenvalue weighted by molar-refractivity contribution is 5.76. The van der Waals surface area contributed by atoms with E-state index in [1.165, 1.54) is 29.3 Å². The lowest BCUT2D eigenvalue weighted by atomic mass is 10.1. The molecule has 1 heterocycles. The van der Waals surface area contributed by atoms with E-state index in [4.69, 9.17) is 4.42 Å². The van der Waals surface area contributed by atoms with E-state index in [1.807, 2.05) is 0 Å². The number of nitrogens with zero attached hydrogens (tertiary/aromatic N) is 3. The summed E-state index contributed by atoms with van der Waals surface area (Å²) >= 11 is 0. The molecule has 1 atom stereocenters. The summed E-state index contributed by atoms with van der Waals surface area (Å²) in [6.45, 7) is 1.78. The molecular weight excluding hydrogens is 396 g/mol. The Morgan fingerprint density at radius 3 is 2.73 bits per heavy atom. The third-order valence-corrected chi connectivity index (χ3v) is 4.84. The second-order valence-corrected chi connectivity index (χ2v) is 6.78. The molecule has 0 N–H and O–H groups in total. The molecule has 0 saturated carbocycles. The molecule has 9 heteroatoms. The summed E-state index contributed by atoms with van der Waals surface area (Å²) in [5, 5.41) is 10.9. The highest BCUT2D eigenvalue weighted by Gasteiger charge is 2.20. The van der Waals surface area contributed by atoms with Gasteiger partial charge in [0.2, 0.25) is 5.91 Å². The molecule has 0 saturated heterocycles. The van der Waals surface area contributed by atoms with E-state index in [0.717, 1.165) is 12.1 Å². The molecule has 0 radical (unpaired) electrons. The molecule has 1 aromatic heterocycles. The number of oxazole rings is 1. The number of hydrogen-bond donors (Lipinski definition) is 0. The number of aromatic nitrogens is 1. The number of aryl methyl sites for hydroxylation is 1. The lowest BCUT2D eigenvalue weighted by molar-refractivity contribution is -0.384. The second-order valence-electron chi connectivity index (χ2n) is 6.78. The minimum Gasteiger partial charge on any atom is -0.441 e. The summed E-state index contributed by atoms with van der Waals surface area (Å²) in [5.41, 5.74) is 0.684. The molecule has 7 nitrogen and oxygen atoms in total. The van der Waals surface area contributed by atoms with Crippen LogP contribution in [0.1, 0.15) is 30.8 Å². The van der Waals surface area contributed by atoms with Crippen molar-refractivity contribution in [2.45, 2.75) is 25.8 Å². The van der Waals surface area contributed by atoms with Crippen LogP contribution in [0.2, 0.25) is 0 Å². The number of nitro groups is 1. The van der Waals surface area contributed by atoms with Gasteiger partial charge in [-0.3, -0.25) is 14.9 Å². The van der Waals surface area contributed by atoms with Crippen molar-refractivity contribution in [2.75, 3.05) is 7.05 Å². The number of benzene rings is 2. The molecule has 3 rings (SSSR count). The van der Waals surface area contributed by atoms with Crippen LogP contribution in [-0.4, -0.2) is 27.8 Å². The number of hydrogen-bond acceptors (Lipinski definition) is 5. The number of amides is 1. The van der Waals surface area contributed by atoms with Crippen molar-refractivity contribution in [2.24, 2.45) is 0 Å². The summed E-state index contributed by atoms with van der Waals surface area (Å²) in [6.07, 6.45) is 1.60. The van der Waals surface area contributed by atoms with Gasteiger partial charge in [-0.25, -0.2) is 13.8 Å². The van der Waals surface area contributed by atoms with Gasteiger partial charge in [-0.2, -0.15) is 0 Å². The fourth-order valence-corrected chi connectivity index (χ4v) is 2.97. The highest BCUT2D eigenvalue weighted by Crippen LogP contribution is 2.26. The Bertz CT molecular complexity index is 1080. The molecule has 0 bridgehead atoms. The van der Waals surface area contributed by atoms with Crippen molar-refractivity contribution >= 4 is 11.6 Å². The Morgan fingerprint density at radius 2 is 2.03 bits per heavy atom. The molecule has 3 aromatic rings. The van der Waals surface area contributed by atoms with Crippen LogP contribution in [0.15, 0.2) is 53.1 Å². The largest absolute Gasteiger partial charge is 0.441 e. The maximum atomic E-state index is 13.9. The number of halogens is 2. The van der Waals surface area contributed by atoms with Gasteiger partial charge in [0.1, 0.15) is 11.6 Å². The Balaban J connectivity index is 1.63. The van der Waals surface area contributed by atoms with E-state index in [9.17, 15) is 23.7 Å². The van der Waals surface area contributed by atoms with Crippen LogP contribution in [0.25, 0.3) is 11.3 Å². The van der Waals surface area contributed by atoms with E-state index in [0.29, 0.717) is 5.56 Å². The zero-order valence-corrected chi connectivity index (χ0v) is 16.3. The van der Waals surface area contributed by atoms with E-state index in [-0.39, 0.29) is 47.7 Å². The first-order valence-corrected chi connectivity index (χ1v) is 9.16. The number of nitro benzene ring substituents is 1. The molecule has 0 unspecified atom stereocenters. The molecular formula is C21H19F2N3O4. The summed E-state index contributed by atoms with van der Waals surface area (Å²) in [6, 6.07) is 8.89. The van der Waals surface area contributed by atoms with Crippen molar-refractivity contribution in [3.63, 3.8) is 0 Å². The number of carbonyl (C=O) groups is 1. The quantitative estimate of drug-likeness (QED) is 0.413. The molecule has 0 aliphatic heterocycles. The highest BCUT2D eigenvalue weighted by atomic mass is 19.1. The van der Waals surface area contributed by atoms with Gasteiger partial charge in [-0.05, 0) is 24.6 Å². The first kappa shape index (κ1) is 21.1.